The lowest BCUT2D eigenvalue weighted by Gasteiger charge is -2.33. The number of likely N-dealkylation sites (tertiary alicyclic amines) is 1. The molecule has 1 saturated heterocycles. The molecular formula is C51H50N6O7. The van der Waals surface area contributed by atoms with Crippen LogP contribution in [0.3, 0.4) is 0 Å². The van der Waals surface area contributed by atoms with E-state index >= 15 is 0 Å². The Bertz CT molecular complexity index is 2740. The number of benzene rings is 5. The van der Waals surface area contributed by atoms with Gasteiger partial charge in [-0.15, -0.1) is 0 Å². The van der Waals surface area contributed by atoms with Gasteiger partial charge < -0.3 is 35.7 Å². The summed E-state index contributed by atoms with van der Waals surface area (Å²) in [5.74, 6) is -0.896. The average molecular weight is 859 g/mol. The first-order chi connectivity index (χ1) is 31.1. The number of aliphatic hydroxyl groups is 2. The Morgan fingerprint density at radius 1 is 0.812 bits per heavy atom. The highest BCUT2D eigenvalue weighted by atomic mass is 16.5. The van der Waals surface area contributed by atoms with Crippen molar-refractivity contribution in [1.82, 2.24) is 30.5 Å². The van der Waals surface area contributed by atoms with Crippen LogP contribution in [0.5, 0.6) is 5.75 Å². The van der Waals surface area contributed by atoms with Crippen LogP contribution in [-0.4, -0.2) is 73.3 Å². The van der Waals surface area contributed by atoms with E-state index in [1.165, 1.54) is 17.7 Å². The predicted octanol–water partition coefficient (Wildman–Crippen LogP) is 6.14. The van der Waals surface area contributed by atoms with Crippen LogP contribution in [0.1, 0.15) is 62.8 Å². The Labute approximate surface area is 370 Å². The minimum absolute atomic E-state index is 0.0714. The van der Waals surface area contributed by atoms with Crippen molar-refractivity contribution in [2.24, 2.45) is 5.92 Å². The number of fused-ring (bicyclic) bond motifs is 1. The van der Waals surface area contributed by atoms with Gasteiger partial charge in [0.1, 0.15) is 5.75 Å². The molecule has 8 rings (SSSR count). The third kappa shape index (κ3) is 10.3. The number of aromatic amines is 1. The molecule has 0 radical (unpaired) electrons. The van der Waals surface area contributed by atoms with Crippen molar-refractivity contribution in [2.75, 3.05) is 26.2 Å². The Morgan fingerprint density at radius 3 is 2.28 bits per heavy atom. The molecule has 0 bridgehead atoms. The van der Waals surface area contributed by atoms with Gasteiger partial charge in [0.2, 0.25) is 11.2 Å². The highest BCUT2D eigenvalue weighted by molar-refractivity contribution is 5.94. The molecule has 2 aromatic heterocycles. The van der Waals surface area contributed by atoms with Gasteiger partial charge in [0.15, 0.2) is 0 Å². The van der Waals surface area contributed by atoms with Crippen molar-refractivity contribution < 1.29 is 29.6 Å². The molecule has 1 fully saturated rings. The third-order valence-corrected chi connectivity index (χ3v) is 11.8. The number of nitrogens with one attached hydrogen (secondary N) is 3. The number of piperidine rings is 1. The van der Waals surface area contributed by atoms with E-state index in [4.69, 9.17) is 4.74 Å². The molecule has 1 unspecified atom stereocenters. The standard InChI is InChI=1S/C51H50N6O7/c58-45-20-18-42(43-19-21-47(60)56-48(43)45)46(59)31-52-27-34-14-16-37(17-15-34)49(61)55-29-41-28-54-44(30-53-41)38-10-7-13-40(26-38)51(63,39-11-5-2-6-12-39)50(62)64-33-36-22-24-57(25-23-36)32-35-8-3-1-4-9-35/h1-21,26,28,30,36,46,52,58-59,63H,22-25,27,29,31-33H2,(H,55,61)(H,56,60)/t46-,51?/m0/s1. The Balaban J connectivity index is 0.841. The molecule has 5 aromatic carbocycles. The average Bonchev–Trinajstić information content (AvgIpc) is 3.34. The zero-order valence-corrected chi connectivity index (χ0v) is 35.2. The summed E-state index contributed by atoms with van der Waals surface area (Å²) >= 11 is 0. The van der Waals surface area contributed by atoms with Crippen LogP contribution in [0.2, 0.25) is 0 Å². The van der Waals surface area contributed by atoms with Gasteiger partial charge in [-0.25, -0.2) is 4.79 Å². The van der Waals surface area contributed by atoms with E-state index in [9.17, 15) is 29.7 Å². The summed E-state index contributed by atoms with van der Waals surface area (Å²) in [4.78, 5) is 52.9. The van der Waals surface area contributed by atoms with Crippen LogP contribution in [0.4, 0.5) is 0 Å². The summed E-state index contributed by atoms with van der Waals surface area (Å²) in [6, 6.07) is 39.3. The summed E-state index contributed by atoms with van der Waals surface area (Å²) in [6.07, 6.45) is 4.06. The number of hydrogen-bond acceptors (Lipinski definition) is 11. The van der Waals surface area contributed by atoms with Gasteiger partial charge in [0, 0.05) is 47.8 Å². The number of aromatic nitrogens is 3. The zero-order chi connectivity index (χ0) is 44.5. The fourth-order valence-electron chi connectivity index (χ4n) is 8.09. The summed E-state index contributed by atoms with van der Waals surface area (Å²) < 4.78 is 5.91. The fraction of sp³-hybridized carbons (Fsp3) is 0.235. The molecule has 1 aliphatic heterocycles. The molecule has 1 aliphatic rings. The van der Waals surface area contributed by atoms with E-state index < -0.39 is 17.7 Å². The molecule has 1 amide bonds. The molecule has 3 heterocycles. The van der Waals surface area contributed by atoms with Gasteiger partial charge in [0.05, 0.1) is 48.6 Å². The lowest BCUT2D eigenvalue weighted by molar-refractivity contribution is -0.164. The number of aromatic hydroxyl groups is 1. The van der Waals surface area contributed by atoms with Crippen LogP contribution < -0.4 is 16.2 Å². The summed E-state index contributed by atoms with van der Waals surface area (Å²) in [6.45, 7) is 3.72. The molecule has 2 atom stereocenters. The predicted molar refractivity (Wildman–Crippen MR) is 243 cm³/mol. The van der Waals surface area contributed by atoms with E-state index in [0.29, 0.717) is 51.1 Å². The second-order valence-corrected chi connectivity index (χ2v) is 16.2. The summed E-state index contributed by atoms with van der Waals surface area (Å²) in [5, 5.41) is 39.9. The number of amides is 1. The largest absolute Gasteiger partial charge is 0.506 e. The Kier molecular flexibility index (Phi) is 13.6. The molecule has 0 spiro atoms. The van der Waals surface area contributed by atoms with Gasteiger partial charge in [0.25, 0.3) is 5.91 Å². The molecule has 13 heteroatoms. The summed E-state index contributed by atoms with van der Waals surface area (Å²) in [7, 11) is 0. The second-order valence-electron chi connectivity index (χ2n) is 16.2. The van der Waals surface area contributed by atoms with Gasteiger partial charge in [-0.1, -0.05) is 97.1 Å². The van der Waals surface area contributed by atoms with Crippen molar-refractivity contribution in [3.63, 3.8) is 0 Å². The van der Waals surface area contributed by atoms with Gasteiger partial charge in [-0.05, 0) is 84.4 Å². The number of nitrogens with zero attached hydrogens (tertiary/aromatic N) is 3. The number of esters is 1. The van der Waals surface area contributed by atoms with Crippen LogP contribution in [0.25, 0.3) is 22.2 Å². The smallest absolute Gasteiger partial charge is 0.347 e. The number of rotatable bonds is 16. The molecule has 6 N–H and O–H groups in total. The van der Waals surface area contributed by atoms with Crippen molar-refractivity contribution >= 4 is 22.8 Å². The van der Waals surface area contributed by atoms with Crippen molar-refractivity contribution in [3.8, 4) is 17.0 Å². The molecule has 0 aliphatic carbocycles. The molecule has 0 saturated carbocycles. The third-order valence-electron chi connectivity index (χ3n) is 11.8. The number of carbonyl (C=O) groups is 2. The van der Waals surface area contributed by atoms with E-state index in [2.05, 4.69) is 54.8 Å². The Hall–Kier alpha value is -7.03. The SMILES string of the molecule is O=C(NCc1cnc(-c2cccc(C(O)(C(=O)OCC3CCN(Cc4ccccc4)CC3)c3ccccc3)c2)cn1)c1ccc(CNC[C@H](O)c2ccc(O)c3[nH]c(=O)ccc23)cc1. The normalized spacial score (nSPS) is 14.7. The van der Waals surface area contributed by atoms with E-state index in [0.717, 1.165) is 38.0 Å². The second kappa shape index (κ2) is 20.0. The number of aliphatic hydroxyl groups excluding tert-OH is 1. The molecule has 13 nitrogen and oxygen atoms in total. The molecule has 64 heavy (non-hydrogen) atoms. The van der Waals surface area contributed by atoms with Crippen LogP contribution >= 0.6 is 0 Å². The number of pyridine rings is 1. The quantitative estimate of drug-likeness (QED) is 0.0613. The van der Waals surface area contributed by atoms with Crippen molar-refractivity contribution in [1.29, 1.82) is 0 Å². The molecular weight excluding hydrogens is 809 g/mol. The van der Waals surface area contributed by atoms with Crippen LogP contribution in [0, 0.1) is 5.92 Å². The maximum Gasteiger partial charge on any atom is 0.347 e. The first-order valence-electron chi connectivity index (χ1n) is 21.4. The minimum atomic E-state index is -2.06. The highest BCUT2D eigenvalue weighted by Gasteiger charge is 2.42. The number of ether oxygens (including phenoxy) is 1. The lowest BCUT2D eigenvalue weighted by atomic mass is 9.85. The topological polar surface area (TPSA) is 190 Å². The van der Waals surface area contributed by atoms with Crippen molar-refractivity contribution in [3.05, 3.63) is 195 Å². The van der Waals surface area contributed by atoms with Crippen LogP contribution in [-0.2, 0) is 34.8 Å². The first-order valence-corrected chi connectivity index (χ1v) is 21.4. The number of H-pyrrole nitrogens is 1. The zero-order valence-electron chi connectivity index (χ0n) is 35.2. The molecule has 7 aromatic rings. The monoisotopic (exact) mass is 858 g/mol. The Morgan fingerprint density at radius 2 is 1.55 bits per heavy atom. The van der Waals surface area contributed by atoms with E-state index in [1.54, 1.807) is 79.1 Å². The summed E-state index contributed by atoms with van der Waals surface area (Å²) in [5.41, 5.74) is 3.52. The molecule has 326 valence electrons. The first kappa shape index (κ1) is 43.6. The maximum atomic E-state index is 13.9. The minimum Gasteiger partial charge on any atom is -0.506 e. The van der Waals surface area contributed by atoms with E-state index in [1.807, 2.05) is 30.3 Å². The number of phenols is 1. The van der Waals surface area contributed by atoms with Crippen LogP contribution in [0.15, 0.2) is 151 Å². The van der Waals surface area contributed by atoms with Gasteiger partial charge >= 0.3 is 5.97 Å². The lowest BCUT2D eigenvalue weighted by Crippen LogP contribution is -2.40. The number of phenolic OH excluding ortho intramolecular Hbond substituents is 1. The number of carbonyl (C=O) groups excluding carboxylic acids is 2. The van der Waals surface area contributed by atoms with Gasteiger partial charge in [-0.3, -0.25) is 24.5 Å². The highest BCUT2D eigenvalue weighted by Crippen LogP contribution is 2.34. The van der Waals surface area contributed by atoms with Crippen molar-refractivity contribution in [2.45, 2.75) is 44.2 Å². The maximum absolute atomic E-state index is 13.9. The fourth-order valence-corrected chi connectivity index (χ4v) is 8.09. The van der Waals surface area contributed by atoms with Gasteiger partial charge in [-0.2, -0.15) is 0 Å². The van der Waals surface area contributed by atoms with E-state index in [-0.39, 0.29) is 48.3 Å². The number of hydrogen-bond donors (Lipinski definition) is 6.